The fourth-order valence-corrected chi connectivity index (χ4v) is 1.14. The summed E-state index contributed by atoms with van der Waals surface area (Å²) in [7, 11) is 1.83. The third-order valence-corrected chi connectivity index (χ3v) is 1.78. The lowest BCUT2D eigenvalue weighted by atomic mass is 10.3. The van der Waals surface area contributed by atoms with Gasteiger partial charge in [-0.15, -0.1) is 5.10 Å². The zero-order valence-corrected chi connectivity index (χ0v) is 7.92. The van der Waals surface area contributed by atoms with Gasteiger partial charge in [0.15, 0.2) is 0 Å². The summed E-state index contributed by atoms with van der Waals surface area (Å²) in [5.41, 5.74) is 0.830. The average Bonchev–Trinajstić information content (AvgIpc) is 2.63. The number of aromatic nitrogens is 3. The van der Waals surface area contributed by atoms with Gasteiger partial charge in [0.05, 0.1) is 6.20 Å². The predicted molar refractivity (Wildman–Crippen MR) is 51.8 cm³/mol. The normalized spacial score (nSPS) is 10.1. The van der Waals surface area contributed by atoms with Crippen molar-refractivity contribution in [1.82, 2.24) is 15.0 Å². The van der Waals surface area contributed by atoms with E-state index in [0.29, 0.717) is 6.61 Å². The quantitative estimate of drug-likeness (QED) is 0.732. The molecule has 1 aromatic heterocycles. The minimum Gasteiger partial charge on any atom is -0.487 e. The molecule has 14 heavy (non-hydrogen) atoms. The topological polar surface area (TPSA) is 39.9 Å². The first-order chi connectivity index (χ1) is 6.84. The van der Waals surface area contributed by atoms with E-state index in [0.717, 1.165) is 11.4 Å². The summed E-state index contributed by atoms with van der Waals surface area (Å²) in [6, 6.07) is 9.65. The van der Waals surface area contributed by atoms with Crippen LogP contribution in [0, 0.1) is 0 Å². The van der Waals surface area contributed by atoms with Crippen molar-refractivity contribution in [3.05, 3.63) is 42.2 Å². The summed E-state index contributed by atoms with van der Waals surface area (Å²) < 4.78 is 7.15. The summed E-state index contributed by atoms with van der Waals surface area (Å²) >= 11 is 0. The van der Waals surface area contributed by atoms with Crippen LogP contribution in [-0.4, -0.2) is 15.0 Å². The lowest BCUT2D eigenvalue weighted by Gasteiger charge is -2.01. The molecule has 0 radical (unpaired) electrons. The zero-order chi connectivity index (χ0) is 9.80. The van der Waals surface area contributed by atoms with Gasteiger partial charge in [-0.1, -0.05) is 23.4 Å². The molecule has 0 spiro atoms. The Morgan fingerprint density at radius 1 is 1.29 bits per heavy atom. The van der Waals surface area contributed by atoms with Gasteiger partial charge in [-0.2, -0.15) is 0 Å². The average molecular weight is 189 g/mol. The van der Waals surface area contributed by atoms with E-state index in [1.54, 1.807) is 4.68 Å². The van der Waals surface area contributed by atoms with E-state index in [4.69, 9.17) is 4.74 Å². The van der Waals surface area contributed by atoms with Crippen molar-refractivity contribution < 1.29 is 4.74 Å². The standard InChI is InChI=1S/C10H11N3O/c1-13-7-9(11-12-13)8-14-10-5-3-2-4-6-10/h2-7H,8H2,1H3. The third kappa shape index (κ3) is 2.10. The minimum absolute atomic E-state index is 0.456. The van der Waals surface area contributed by atoms with Crippen molar-refractivity contribution in [2.75, 3.05) is 0 Å². The highest BCUT2D eigenvalue weighted by Crippen LogP contribution is 2.09. The van der Waals surface area contributed by atoms with Gasteiger partial charge in [0.2, 0.25) is 0 Å². The molecule has 1 heterocycles. The molecule has 0 saturated carbocycles. The Labute approximate surface area is 82.1 Å². The lowest BCUT2D eigenvalue weighted by molar-refractivity contribution is 0.301. The smallest absolute Gasteiger partial charge is 0.134 e. The van der Waals surface area contributed by atoms with E-state index >= 15 is 0 Å². The fourth-order valence-electron chi connectivity index (χ4n) is 1.14. The molecule has 0 aliphatic rings. The highest BCUT2D eigenvalue weighted by atomic mass is 16.5. The lowest BCUT2D eigenvalue weighted by Crippen LogP contribution is -1.95. The van der Waals surface area contributed by atoms with Gasteiger partial charge < -0.3 is 4.74 Å². The van der Waals surface area contributed by atoms with Gasteiger partial charge in [0.25, 0.3) is 0 Å². The number of ether oxygens (including phenoxy) is 1. The minimum atomic E-state index is 0.456. The first-order valence-electron chi connectivity index (χ1n) is 4.37. The first kappa shape index (κ1) is 8.74. The maximum atomic E-state index is 5.49. The second kappa shape index (κ2) is 3.91. The van der Waals surface area contributed by atoms with Crippen LogP contribution >= 0.6 is 0 Å². The second-order valence-corrected chi connectivity index (χ2v) is 2.99. The number of rotatable bonds is 3. The summed E-state index contributed by atoms with van der Waals surface area (Å²) in [6.45, 7) is 0.456. The molecule has 0 saturated heterocycles. The van der Waals surface area contributed by atoms with Gasteiger partial charge in [0.1, 0.15) is 18.1 Å². The monoisotopic (exact) mass is 189 g/mol. The molecule has 72 valence electrons. The highest BCUT2D eigenvalue weighted by molar-refractivity contribution is 5.21. The maximum absolute atomic E-state index is 5.49. The summed E-state index contributed by atoms with van der Waals surface area (Å²) in [6.07, 6.45) is 1.84. The molecule has 0 unspecified atom stereocenters. The molecule has 0 N–H and O–H groups in total. The van der Waals surface area contributed by atoms with Gasteiger partial charge in [-0.3, -0.25) is 4.68 Å². The Morgan fingerprint density at radius 3 is 2.71 bits per heavy atom. The van der Waals surface area contributed by atoms with Crippen molar-refractivity contribution in [2.24, 2.45) is 7.05 Å². The molecule has 0 atom stereocenters. The molecule has 0 aliphatic carbocycles. The number of aryl methyl sites for hydroxylation is 1. The van der Waals surface area contributed by atoms with E-state index < -0.39 is 0 Å². The zero-order valence-electron chi connectivity index (χ0n) is 7.92. The Morgan fingerprint density at radius 2 is 2.07 bits per heavy atom. The van der Waals surface area contributed by atoms with E-state index in [-0.39, 0.29) is 0 Å². The molecule has 4 nitrogen and oxygen atoms in total. The molecule has 2 rings (SSSR count). The van der Waals surface area contributed by atoms with Crippen molar-refractivity contribution in [3.8, 4) is 5.75 Å². The van der Waals surface area contributed by atoms with Gasteiger partial charge in [0, 0.05) is 7.05 Å². The van der Waals surface area contributed by atoms with Crippen LogP contribution in [0.3, 0.4) is 0 Å². The summed E-state index contributed by atoms with van der Waals surface area (Å²) in [5, 5.41) is 7.73. The van der Waals surface area contributed by atoms with Crippen LogP contribution in [0.15, 0.2) is 36.5 Å². The molecular formula is C10H11N3O. The van der Waals surface area contributed by atoms with Crippen LogP contribution in [0.2, 0.25) is 0 Å². The molecule has 0 bridgehead atoms. The van der Waals surface area contributed by atoms with Crippen molar-refractivity contribution in [3.63, 3.8) is 0 Å². The summed E-state index contributed by atoms with van der Waals surface area (Å²) in [5.74, 6) is 0.846. The van der Waals surface area contributed by atoms with Gasteiger partial charge >= 0.3 is 0 Å². The number of benzene rings is 1. The van der Waals surface area contributed by atoms with Crippen LogP contribution in [-0.2, 0) is 13.7 Å². The SMILES string of the molecule is Cn1cc(COc2ccccc2)nn1. The van der Waals surface area contributed by atoms with E-state index in [2.05, 4.69) is 10.3 Å². The van der Waals surface area contributed by atoms with Crippen LogP contribution in [0.5, 0.6) is 5.75 Å². The number of nitrogens with zero attached hydrogens (tertiary/aromatic N) is 3. The van der Waals surface area contributed by atoms with E-state index in [1.807, 2.05) is 43.6 Å². The summed E-state index contributed by atoms with van der Waals surface area (Å²) in [4.78, 5) is 0. The van der Waals surface area contributed by atoms with Gasteiger partial charge in [-0.05, 0) is 12.1 Å². The molecule has 0 aliphatic heterocycles. The number of hydrogen-bond acceptors (Lipinski definition) is 3. The predicted octanol–water partition coefficient (Wildman–Crippen LogP) is 1.39. The molecule has 1 aromatic carbocycles. The molecule has 2 aromatic rings. The van der Waals surface area contributed by atoms with Crippen LogP contribution in [0.25, 0.3) is 0 Å². The molecule has 0 fully saturated rings. The van der Waals surface area contributed by atoms with Crippen molar-refractivity contribution in [2.45, 2.75) is 6.61 Å². The third-order valence-electron chi connectivity index (χ3n) is 1.78. The van der Waals surface area contributed by atoms with E-state index in [1.165, 1.54) is 0 Å². The Balaban J connectivity index is 1.95. The number of hydrogen-bond donors (Lipinski definition) is 0. The maximum Gasteiger partial charge on any atom is 0.134 e. The second-order valence-electron chi connectivity index (χ2n) is 2.99. The van der Waals surface area contributed by atoms with E-state index in [9.17, 15) is 0 Å². The van der Waals surface area contributed by atoms with Crippen molar-refractivity contribution in [1.29, 1.82) is 0 Å². The molecular weight excluding hydrogens is 178 g/mol. The van der Waals surface area contributed by atoms with Crippen LogP contribution in [0.1, 0.15) is 5.69 Å². The molecule has 4 heteroatoms. The van der Waals surface area contributed by atoms with Crippen molar-refractivity contribution >= 4 is 0 Å². The fraction of sp³-hybridized carbons (Fsp3) is 0.200. The number of para-hydroxylation sites is 1. The Bertz CT molecular complexity index is 397. The van der Waals surface area contributed by atoms with Gasteiger partial charge in [-0.25, -0.2) is 0 Å². The molecule has 0 amide bonds. The largest absolute Gasteiger partial charge is 0.487 e. The van der Waals surface area contributed by atoms with Crippen LogP contribution in [0.4, 0.5) is 0 Å². The Hall–Kier alpha value is -1.84. The highest BCUT2D eigenvalue weighted by Gasteiger charge is 1.98. The first-order valence-corrected chi connectivity index (χ1v) is 4.37. The Kier molecular flexibility index (Phi) is 2.44. The van der Waals surface area contributed by atoms with Crippen LogP contribution < -0.4 is 4.74 Å².